The molecule has 0 saturated carbocycles. The molecule has 0 atom stereocenters. The maximum absolute atomic E-state index is 4.54. The Morgan fingerprint density at radius 2 is 2.31 bits per heavy atom. The van der Waals surface area contributed by atoms with Crippen LogP contribution in [0.5, 0.6) is 0 Å². The molecule has 68 valence electrons. The van der Waals surface area contributed by atoms with Crippen molar-refractivity contribution in [2.24, 2.45) is 5.73 Å². The molecule has 0 radical (unpaired) electrons. The molecule has 4 nitrogen and oxygen atoms in total. The van der Waals surface area contributed by atoms with Crippen LogP contribution < -0.4 is 5.73 Å². The minimum atomic E-state index is 0.956. The van der Waals surface area contributed by atoms with Gasteiger partial charge in [-0.1, -0.05) is 12.2 Å². The van der Waals surface area contributed by atoms with Crippen molar-refractivity contribution >= 4 is 29.0 Å². The third-order valence-corrected chi connectivity index (χ3v) is 1.93. The zero-order valence-corrected chi connectivity index (χ0v) is 8.33. The van der Waals surface area contributed by atoms with Gasteiger partial charge in [0.25, 0.3) is 0 Å². The van der Waals surface area contributed by atoms with E-state index in [1.54, 1.807) is 30.1 Å². The Hall–Kier alpha value is -1.27. The Kier molecular flexibility index (Phi) is 4.07. The average Bonchev–Trinajstić information content (AvgIpc) is 2.78. The van der Waals surface area contributed by atoms with Gasteiger partial charge in [-0.25, -0.2) is 9.97 Å². The summed E-state index contributed by atoms with van der Waals surface area (Å²) < 4.78 is 1.88. The molecular formula is C7H8N4S2. The van der Waals surface area contributed by atoms with Crippen molar-refractivity contribution in [1.82, 2.24) is 14.5 Å². The lowest BCUT2D eigenvalue weighted by Gasteiger charge is -1.90. The number of aromatic nitrogens is 3. The summed E-state index contributed by atoms with van der Waals surface area (Å²) in [5.41, 5.74) is 5.62. The highest BCUT2D eigenvalue weighted by atomic mass is 32.1. The highest BCUT2D eigenvalue weighted by Gasteiger charge is 1.94. The first-order valence-corrected chi connectivity index (χ1v) is 4.76. The van der Waals surface area contributed by atoms with Gasteiger partial charge < -0.3 is 5.73 Å². The van der Waals surface area contributed by atoms with E-state index in [4.69, 9.17) is 0 Å². The highest BCUT2D eigenvalue weighted by Crippen LogP contribution is 2.08. The number of imidazole rings is 1. The molecule has 2 aromatic rings. The molecule has 2 rings (SSSR count). The summed E-state index contributed by atoms with van der Waals surface area (Å²) in [7, 11) is 0. The summed E-state index contributed by atoms with van der Waals surface area (Å²) in [6.45, 7) is 0. The van der Waals surface area contributed by atoms with E-state index >= 15 is 0 Å². The van der Waals surface area contributed by atoms with E-state index in [1.165, 1.54) is 0 Å². The molecule has 6 heteroatoms. The van der Waals surface area contributed by atoms with Gasteiger partial charge in [-0.2, -0.15) is 0 Å². The minimum Gasteiger partial charge on any atom is -0.396 e. The van der Waals surface area contributed by atoms with E-state index in [2.05, 4.69) is 27.9 Å². The maximum Gasteiger partial charge on any atom is 0.194 e. The number of hydrogen-bond acceptors (Lipinski definition) is 4. The number of nitrogens with two attached hydrogens (primary N) is 1. The first-order chi connectivity index (χ1) is 6.38. The lowest BCUT2D eigenvalue weighted by Crippen LogP contribution is -1.85. The molecule has 0 amide bonds. The van der Waals surface area contributed by atoms with Crippen LogP contribution in [0.4, 0.5) is 0 Å². The smallest absolute Gasteiger partial charge is 0.194 e. The van der Waals surface area contributed by atoms with E-state index in [9.17, 15) is 0 Å². The van der Waals surface area contributed by atoms with Crippen molar-refractivity contribution in [2.75, 3.05) is 0 Å². The largest absolute Gasteiger partial charge is 0.396 e. The third-order valence-electron chi connectivity index (χ3n) is 1.14. The Morgan fingerprint density at radius 1 is 1.54 bits per heavy atom. The van der Waals surface area contributed by atoms with Crippen LogP contribution in [0.2, 0.25) is 0 Å². The van der Waals surface area contributed by atoms with Gasteiger partial charge in [-0.3, -0.25) is 4.57 Å². The summed E-state index contributed by atoms with van der Waals surface area (Å²) in [4.78, 5) is 8.01. The molecule has 0 aliphatic carbocycles. The van der Waals surface area contributed by atoms with Crippen LogP contribution in [-0.2, 0) is 0 Å². The molecule has 0 saturated heterocycles. The van der Waals surface area contributed by atoms with Gasteiger partial charge in [0.05, 0.1) is 5.49 Å². The van der Waals surface area contributed by atoms with Crippen LogP contribution in [0.3, 0.4) is 0 Å². The predicted octanol–water partition coefficient (Wildman–Crippen LogP) is 1.23. The third kappa shape index (κ3) is 2.92. The first kappa shape index (κ1) is 9.82. The molecule has 0 aliphatic heterocycles. The lowest BCUT2D eigenvalue weighted by atomic mass is 10.9. The summed E-state index contributed by atoms with van der Waals surface area (Å²) in [5.74, 6) is 0. The molecule has 2 N–H and O–H groups in total. The zero-order valence-electron chi connectivity index (χ0n) is 6.70. The van der Waals surface area contributed by atoms with Gasteiger partial charge in [0.15, 0.2) is 5.13 Å². The van der Waals surface area contributed by atoms with Crippen molar-refractivity contribution in [1.29, 1.82) is 0 Å². The summed E-state index contributed by atoms with van der Waals surface area (Å²) in [6.07, 6.45) is 7.12. The Bertz CT molecular complexity index is 295. The number of hydrogen-bond donors (Lipinski definition) is 1. The second-order valence-electron chi connectivity index (χ2n) is 1.92. The highest BCUT2D eigenvalue weighted by molar-refractivity contribution is 7.78. The van der Waals surface area contributed by atoms with E-state index in [0.29, 0.717) is 0 Å². The lowest BCUT2D eigenvalue weighted by molar-refractivity contribution is 1.03. The Balaban J connectivity index is 0.000000251. The standard InChI is InChI=1S/C6H5N3S.CH3NS/c1-3-9(5-7-1)6-8-2-4-10-6;2-1-3/h1-5H;1H,(H2,2,3). The van der Waals surface area contributed by atoms with Crippen LogP contribution in [0.15, 0.2) is 30.3 Å². The second-order valence-corrected chi connectivity index (χ2v) is 3.07. The number of thiocarbonyl (C=S) groups is 1. The van der Waals surface area contributed by atoms with Crippen molar-refractivity contribution in [3.63, 3.8) is 0 Å². The zero-order chi connectivity index (χ0) is 9.52. The van der Waals surface area contributed by atoms with E-state index in [1.807, 2.05) is 16.1 Å². The molecular weight excluding hydrogens is 204 g/mol. The van der Waals surface area contributed by atoms with Gasteiger partial charge >= 0.3 is 0 Å². The molecule has 0 bridgehead atoms. The molecule has 0 spiro atoms. The number of nitrogens with zero attached hydrogens (tertiary/aromatic N) is 3. The summed E-state index contributed by atoms with van der Waals surface area (Å²) in [6, 6.07) is 0. The first-order valence-electron chi connectivity index (χ1n) is 3.41. The predicted molar refractivity (Wildman–Crippen MR) is 57.1 cm³/mol. The molecule has 0 unspecified atom stereocenters. The van der Waals surface area contributed by atoms with Crippen LogP contribution >= 0.6 is 23.6 Å². The van der Waals surface area contributed by atoms with Crippen molar-refractivity contribution in [3.8, 4) is 5.13 Å². The average molecular weight is 212 g/mol. The van der Waals surface area contributed by atoms with Crippen LogP contribution in [-0.4, -0.2) is 20.0 Å². The topological polar surface area (TPSA) is 56.7 Å². The van der Waals surface area contributed by atoms with Crippen molar-refractivity contribution in [3.05, 3.63) is 30.3 Å². The second kappa shape index (κ2) is 5.39. The van der Waals surface area contributed by atoms with E-state index < -0.39 is 0 Å². The normalized spacial score (nSPS) is 8.62. The van der Waals surface area contributed by atoms with Gasteiger partial charge in [0, 0.05) is 24.0 Å². The van der Waals surface area contributed by atoms with Crippen molar-refractivity contribution < 1.29 is 0 Å². The van der Waals surface area contributed by atoms with Crippen LogP contribution in [0.25, 0.3) is 5.13 Å². The van der Waals surface area contributed by atoms with Crippen LogP contribution in [0.1, 0.15) is 0 Å². The molecule has 0 aliphatic rings. The van der Waals surface area contributed by atoms with Gasteiger partial charge in [-0.15, -0.1) is 11.3 Å². The summed E-state index contributed by atoms with van der Waals surface area (Å²) >= 11 is 5.64. The monoisotopic (exact) mass is 212 g/mol. The SMILES string of the molecule is NC=S.c1cn(-c2nccs2)cn1. The van der Waals surface area contributed by atoms with Crippen molar-refractivity contribution in [2.45, 2.75) is 0 Å². The van der Waals surface area contributed by atoms with Gasteiger partial charge in [0.1, 0.15) is 6.33 Å². The van der Waals surface area contributed by atoms with Gasteiger partial charge in [-0.05, 0) is 0 Å². The molecule has 2 heterocycles. The van der Waals surface area contributed by atoms with Crippen LogP contribution in [0, 0.1) is 0 Å². The number of rotatable bonds is 1. The number of thiazole rings is 1. The molecule has 2 aromatic heterocycles. The Labute approximate surface area is 85.1 Å². The summed E-state index contributed by atoms with van der Waals surface area (Å²) in [5, 5.41) is 2.90. The maximum atomic E-state index is 4.54. The van der Waals surface area contributed by atoms with E-state index in [-0.39, 0.29) is 0 Å². The molecule has 0 aromatic carbocycles. The quantitative estimate of drug-likeness (QED) is 0.722. The van der Waals surface area contributed by atoms with Gasteiger partial charge in [0.2, 0.25) is 0 Å². The molecule has 0 fully saturated rings. The Morgan fingerprint density at radius 3 is 2.77 bits per heavy atom. The fraction of sp³-hybridized carbons (Fsp3) is 0. The fourth-order valence-electron chi connectivity index (χ4n) is 0.716. The molecule has 13 heavy (non-hydrogen) atoms. The fourth-order valence-corrected chi connectivity index (χ4v) is 1.31. The minimum absolute atomic E-state index is 0.956. The van der Waals surface area contributed by atoms with E-state index in [0.717, 1.165) is 10.6 Å².